The highest BCUT2D eigenvalue weighted by atomic mass is 32.2. The van der Waals surface area contributed by atoms with E-state index in [1.807, 2.05) is 12.1 Å². The Morgan fingerprint density at radius 3 is 2.82 bits per heavy atom. The van der Waals surface area contributed by atoms with Crippen LogP contribution in [0.4, 0.5) is 11.4 Å². The second-order valence-corrected chi connectivity index (χ2v) is 5.64. The van der Waals surface area contributed by atoms with Crippen LogP contribution in [0.15, 0.2) is 18.2 Å². The third kappa shape index (κ3) is 3.54. The Hall–Kier alpha value is -0.870. The zero-order valence-corrected chi connectivity index (χ0v) is 11.2. The molecule has 0 bridgehead atoms. The molecule has 17 heavy (non-hydrogen) atoms. The smallest absolute Gasteiger partial charge is 0.0604 e. The summed E-state index contributed by atoms with van der Waals surface area (Å²) in [5.41, 5.74) is 9.13. The average Bonchev–Trinajstić information content (AvgIpc) is 2.34. The summed E-state index contributed by atoms with van der Waals surface area (Å²) >= 11 is 2.05. The predicted octanol–water partition coefficient (Wildman–Crippen LogP) is 2.04. The molecule has 1 saturated heterocycles. The van der Waals surface area contributed by atoms with E-state index in [1.165, 1.54) is 30.2 Å². The molecule has 0 atom stereocenters. The molecule has 0 radical (unpaired) electrons. The van der Waals surface area contributed by atoms with Crippen molar-refractivity contribution in [2.24, 2.45) is 0 Å². The molecule has 94 valence electrons. The van der Waals surface area contributed by atoms with Crippen LogP contribution in [0.2, 0.25) is 0 Å². The quantitative estimate of drug-likeness (QED) is 0.804. The standard InChI is InChI=1S/C13H21N3S/c1-11-3-2-4-12(14)13(11)15-5-6-16-7-9-17-10-8-16/h2-4,15H,5-10,14H2,1H3. The maximum Gasteiger partial charge on any atom is 0.0604 e. The number of aryl methyl sites for hydroxylation is 1. The lowest BCUT2D eigenvalue weighted by Gasteiger charge is -2.26. The van der Waals surface area contributed by atoms with Gasteiger partial charge < -0.3 is 11.1 Å². The lowest BCUT2D eigenvalue weighted by molar-refractivity contribution is 0.314. The van der Waals surface area contributed by atoms with Crippen molar-refractivity contribution in [3.05, 3.63) is 23.8 Å². The summed E-state index contributed by atoms with van der Waals surface area (Å²) in [5, 5.41) is 3.46. The summed E-state index contributed by atoms with van der Waals surface area (Å²) in [6.07, 6.45) is 0. The van der Waals surface area contributed by atoms with Crippen LogP contribution in [-0.4, -0.2) is 42.6 Å². The van der Waals surface area contributed by atoms with Gasteiger partial charge in [0, 0.05) is 37.7 Å². The molecule has 0 spiro atoms. The Morgan fingerprint density at radius 2 is 2.12 bits per heavy atom. The number of nitrogens with two attached hydrogens (primary N) is 1. The normalized spacial score (nSPS) is 17.0. The summed E-state index contributed by atoms with van der Waals surface area (Å²) in [6.45, 7) is 6.61. The molecule has 1 heterocycles. The Labute approximate surface area is 108 Å². The van der Waals surface area contributed by atoms with Crippen molar-refractivity contribution >= 4 is 23.1 Å². The number of thioether (sulfide) groups is 1. The molecule has 0 unspecified atom stereocenters. The largest absolute Gasteiger partial charge is 0.397 e. The van der Waals surface area contributed by atoms with Crippen LogP contribution in [0.3, 0.4) is 0 Å². The van der Waals surface area contributed by atoms with Gasteiger partial charge in [0.15, 0.2) is 0 Å². The molecule has 0 saturated carbocycles. The number of rotatable bonds is 4. The maximum atomic E-state index is 5.96. The van der Waals surface area contributed by atoms with Gasteiger partial charge in [0.2, 0.25) is 0 Å². The molecule has 1 aliphatic heterocycles. The Bertz CT molecular complexity index is 341. The summed E-state index contributed by atoms with van der Waals surface area (Å²) in [4.78, 5) is 2.51. The minimum atomic E-state index is 0.846. The number of nitrogens with one attached hydrogen (secondary N) is 1. The molecule has 3 nitrogen and oxygen atoms in total. The number of para-hydroxylation sites is 1. The van der Waals surface area contributed by atoms with Crippen molar-refractivity contribution in [3.8, 4) is 0 Å². The van der Waals surface area contributed by atoms with E-state index < -0.39 is 0 Å². The van der Waals surface area contributed by atoms with E-state index in [4.69, 9.17) is 5.73 Å². The van der Waals surface area contributed by atoms with Gasteiger partial charge >= 0.3 is 0 Å². The topological polar surface area (TPSA) is 41.3 Å². The van der Waals surface area contributed by atoms with Crippen molar-refractivity contribution in [2.45, 2.75) is 6.92 Å². The highest BCUT2D eigenvalue weighted by molar-refractivity contribution is 7.99. The fraction of sp³-hybridized carbons (Fsp3) is 0.538. The lowest BCUT2D eigenvalue weighted by Crippen LogP contribution is -2.36. The zero-order valence-electron chi connectivity index (χ0n) is 10.4. The third-order valence-corrected chi connectivity index (χ3v) is 4.08. The highest BCUT2D eigenvalue weighted by Crippen LogP contribution is 2.22. The van der Waals surface area contributed by atoms with Gasteiger partial charge in [-0.1, -0.05) is 12.1 Å². The fourth-order valence-electron chi connectivity index (χ4n) is 2.10. The van der Waals surface area contributed by atoms with E-state index in [2.05, 4.69) is 35.0 Å². The van der Waals surface area contributed by atoms with E-state index in [0.29, 0.717) is 0 Å². The van der Waals surface area contributed by atoms with E-state index in [-0.39, 0.29) is 0 Å². The minimum Gasteiger partial charge on any atom is -0.397 e. The van der Waals surface area contributed by atoms with Crippen molar-refractivity contribution in [1.82, 2.24) is 4.90 Å². The number of nitrogens with zero attached hydrogens (tertiary/aromatic N) is 1. The minimum absolute atomic E-state index is 0.846. The van der Waals surface area contributed by atoms with E-state index >= 15 is 0 Å². The van der Waals surface area contributed by atoms with Gasteiger partial charge in [0.05, 0.1) is 11.4 Å². The van der Waals surface area contributed by atoms with Gasteiger partial charge in [-0.05, 0) is 18.6 Å². The predicted molar refractivity (Wildman–Crippen MR) is 77.8 cm³/mol. The number of hydrogen-bond donors (Lipinski definition) is 2. The van der Waals surface area contributed by atoms with E-state index in [9.17, 15) is 0 Å². The van der Waals surface area contributed by atoms with Crippen LogP contribution < -0.4 is 11.1 Å². The molecule has 0 aromatic heterocycles. The Morgan fingerprint density at radius 1 is 1.35 bits per heavy atom. The fourth-order valence-corrected chi connectivity index (χ4v) is 3.07. The van der Waals surface area contributed by atoms with Crippen LogP contribution in [0.1, 0.15) is 5.56 Å². The van der Waals surface area contributed by atoms with Crippen LogP contribution in [0.5, 0.6) is 0 Å². The van der Waals surface area contributed by atoms with Crippen molar-refractivity contribution in [3.63, 3.8) is 0 Å². The molecule has 1 aliphatic rings. The van der Waals surface area contributed by atoms with Gasteiger partial charge in [-0.25, -0.2) is 0 Å². The summed E-state index contributed by atoms with van der Waals surface area (Å²) < 4.78 is 0. The molecule has 1 aromatic carbocycles. The van der Waals surface area contributed by atoms with E-state index in [1.54, 1.807) is 0 Å². The van der Waals surface area contributed by atoms with Gasteiger partial charge in [-0.3, -0.25) is 4.90 Å². The van der Waals surface area contributed by atoms with Crippen molar-refractivity contribution in [2.75, 3.05) is 48.7 Å². The van der Waals surface area contributed by atoms with Crippen LogP contribution in [-0.2, 0) is 0 Å². The number of nitrogen functional groups attached to an aromatic ring is 1. The Balaban J connectivity index is 1.81. The summed E-state index contributed by atoms with van der Waals surface area (Å²) in [6, 6.07) is 6.04. The van der Waals surface area contributed by atoms with Gasteiger partial charge in [0.25, 0.3) is 0 Å². The second kappa shape index (κ2) is 6.17. The van der Waals surface area contributed by atoms with Crippen LogP contribution in [0, 0.1) is 6.92 Å². The molecule has 1 aromatic rings. The molecule has 4 heteroatoms. The second-order valence-electron chi connectivity index (χ2n) is 4.42. The average molecular weight is 251 g/mol. The maximum absolute atomic E-state index is 5.96. The highest BCUT2D eigenvalue weighted by Gasteiger charge is 2.09. The van der Waals surface area contributed by atoms with Gasteiger partial charge in [0.1, 0.15) is 0 Å². The zero-order chi connectivity index (χ0) is 12.1. The monoisotopic (exact) mass is 251 g/mol. The van der Waals surface area contributed by atoms with E-state index in [0.717, 1.165) is 24.5 Å². The number of anilines is 2. The van der Waals surface area contributed by atoms with Crippen molar-refractivity contribution in [1.29, 1.82) is 0 Å². The third-order valence-electron chi connectivity index (χ3n) is 3.14. The number of hydrogen-bond acceptors (Lipinski definition) is 4. The van der Waals surface area contributed by atoms with Crippen LogP contribution >= 0.6 is 11.8 Å². The first-order valence-electron chi connectivity index (χ1n) is 6.16. The SMILES string of the molecule is Cc1cccc(N)c1NCCN1CCSCC1. The molecule has 0 aliphatic carbocycles. The molecule has 0 amide bonds. The molecular weight excluding hydrogens is 230 g/mol. The molecule has 3 N–H and O–H groups in total. The van der Waals surface area contributed by atoms with Gasteiger partial charge in [-0.15, -0.1) is 0 Å². The number of benzene rings is 1. The summed E-state index contributed by atoms with van der Waals surface area (Å²) in [5.74, 6) is 2.54. The first-order chi connectivity index (χ1) is 8.27. The summed E-state index contributed by atoms with van der Waals surface area (Å²) in [7, 11) is 0. The Kier molecular flexibility index (Phi) is 4.57. The lowest BCUT2D eigenvalue weighted by atomic mass is 10.1. The van der Waals surface area contributed by atoms with Crippen LogP contribution in [0.25, 0.3) is 0 Å². The first-order valence-corrected chi connectivity index (χ1v) is 7.32. The molecule has 1 fully saturated rings. The van der Waals surface area contributed by atoms with Gasteiger partial charge in [-0.2, -0.15) is 11.8 Å². The van der Waals surface area contributed by atoms with Crippen molar-refractivity contribution < 1.29 is 0 Å². The molecular formula is C13H21N3S. The first kappa shape index (κ1) is 12.6. The molecule has 2 rings (SSSR count).